The Kier molecular flexibility index (Phi) is 17.4. The van der Waals surface area contributed by atoms with Gasteiger partial charge in [-0.2, -0.15) is 0 Å². The normalized spacial score (nSPS) is 23.6. The van der Waals surface area contributed by atoms with Crippen molar-refractivity contribution in [3.05, 3.63) is 83.4 Å². The number of para-hydroxylation sites is 2. The lowest BCUT2D eigenvalue weighted by molar-refractivity contribution is -0.128. The molecule has 2 saturated carbocycles. The van der Waals surface area contributed by atoms with Crippen LogP contribution >= 0.6 is 24.1 Å². The minimum absolute atomic E-state index is 0.0497. The van der Waals surface area contributed by atoms with Gasteiger partial charge in [0, 0.05) is 43.0 Å². The summed E-state index contributed by atoms with van der Waals surface area (Å²) < 4.78 is 16.7. The van der Waals surface area contributed by atoms with E-state index in [1.807, 2.05) is 48.5 Å². The van der Waals surface area contributed by atoms with Crippen molar-refractivity contribution in [2.24, 2.45) is 21.9 Å². The summed E-state index contributed by atoms with van der Waals surface area (Å²) in [6.45, 7) is 18.5. The number of fused-ring (bicyclic) bond motifs is 1. The van der Waals surface area contributed by atoms with Crippen LogP contribution in [0.15, 0.2) is 83.1 Å². The highest BCUT2D eigenvalue weighted by Crippen LogP contribution is 2.51. The topological polar surface area (TPSA) is 141 Å². The molecule has 2 fully saturated rings. The third-order valence-corrected chi connectivity index (χ3v) is 18.2. The van der Waals surface area contributed by atoms with Gasteiger partial charge in [-0.05, 0) is 124 Å². The molecule has 5 rings (SSSR count). The summed E-state index contributed by atoms with van der Waals surface area (Å²) in [5.74, 6) is 2.57. The van der Waals surface area contributed by atoms with Gasteiger partial charge >= 0.3 is 0 Å². The molecule has 2 aliphatic carbocycles. The van der Waals surface area contributed by atoms with Gasteiger partial charge in [0.25, 0.3) is 0 Å². The number of carbonyl (C=O) groups is 2. The number of hydrogen-bond acceptors (Lipinski definition) is 11. The van der Waals surface area contributed by atoms with Crippen LogP contribution in [0.4, 0.5) is 0 Å². The first kappa shape index (κ1) is 45.4. The van der Waals surface area contributed by atoms with Crippen LogP contribution in [-0.4, -0.2) is 48.2 Å². The van der Waals surface area contributed by atoms with Crippen molar-refractivity contribution in [1.29, 1.82) is 0 Å². The van der Waals surface area contributed by atoms with Crippen LogP contribution in [-0.2, 0) is 22.7 Å². The molecule has 0 saturated heterocycles. The number of azide groups is 1. The first-order valence-electron chi connectivity index (χ1n) is 19.8. The van der Waals surface area contributed by atoms with Gasteiger partial charge in [-0.15, -0.1) is 8.67 Å². The predicted octanol–water partition coefficient (Wildman–Crippen LogP) is 12.2. The van der Waals surface area contributed by atoms with Crippen LogP contribution in [0.2, 0.25) is 18.1 Å². The molecule has 1 heterocycles. The van der Waals surface area contributed by atoms with Crippen LogP contribution in [0, 0.1) is 11.8 Å². The zero-order valence-electron chi connectivity index (χ0n) is 34.0. The van der Waals surface area contributed by atoms with Crippen molar-refractivity contribution in [3.63, 3.8) is 0 Å². The van der Waals surface area contributed by atoms with Gasteiger partial charge in [-0.3, -0.25) is 9.79 Å². The summed E-state index contributed by atoms with van der Waals surface area (Å²) in [6, 6.07) is 18.7. The Hall–Kier alpha value is -3.26. The Morgan fingerprint density at radius 3 is 2.16 bits per heavy atom. The van der Waals surface area contributed by atoms with Gasteiger partial charge in [0.2, 0.25) is 8.32 Å². The molecule has 2 aromatic rings. The fraction of sp³-hybridized carbons (Fsp3) is 0.595. The Morgan fingerprint density at radius 1 is 0.946 bits per heavy atom. The molecule has 0 N–H and O–H groups in total. The van der Waals surface area contributed by atoms with Crippen molar-refractivity contribution in [2.45, 2.75) is 132 Å². The summed E-state index contributed by atoms with van der Waals surface area (Å²) >= 11 is 2.46. The molecule has 4 unspecified atom stereocenters. The average molecular weight is 825 g/mol. The molecular formula is C42H60N4O7S2Si. The number of benzene rings is 2. The molecule has 2 aromatic carbocycles. The van der Waals surface area contributed by atoms with Gasteiger partial charge in [-0.1, -0.05) is 68.9 Å². The molecule has 4 atom stereocenters. The molecule has 1 aliphatic heterocycles. The standard InChI is InChI=1S/C24H37NO3SSi.C18H23N3O4S/c1-19(27-30(5,6)23(2,3)4)18-20-12-10-15-22-24(20,16-11-17-25-22)29-28-26-21-13-8-7-9-14-21;1-14(22)13-15-7-5-10-17(23)18(15,11-6-12-20-21-19)26-25-24-16-8-3-2-4-9-16/h7-9,13-14,20H,1,10-12,15-18H2,2-6H3;2-4,8-9,15H,5-7,10-13H2,1H3. The summed E-state index contributed by atoms with van der Waals surface area (Å²) in [7, 11) is -1.88. The van der Waals surface area contributed by atoms with Crippen LogP contribution in [0.3, 0.4) is 0 Å². The summed E-state index contributed by atoms with van der Waals surface area (Å²) in [5, 5.41) is 3.71. The van der Waals surface area contributed by atoms with Crippen molar-refractivity contribution >= 4 is 49.7 Å². The highest BCUT2D eigenvalue weighted by Gasteiger charge is 2.50. The monoisotopic (exact) mass is 824 g/mol. The second-order valence-electron chi connectivity index (χ2n) is 16.5. The third-order valence-electron chi connectivity index (χ3n) is 11.4. The van der Waals surface area contributed by atoms with Crippen molar-refractivity contribution in [1.82, 2.24) is 0 Å². The smallest absolute Gasteiger partial charge is 0.250 e. The lowest BCUT2D eigenvalue weighted by atomic mass is 9.72. The molecule has 306 valence electrons. The number of rotatable bonds is 18. The third kappa shape index (κ3) is 12.6. The summed E-state index contributed by atoms with van der Waals surface area (Å²) in [4.78, 5) is 43.1. The van der Waals surface area contributed by atoms with Gasteiger partial charge in [-0.25, -0.2) is 0 Å². The van der Waals surface area contributed by atoms with Crippen molar-refractivity contribution in [2.75, 3.05) is 13.1 Å². The van der Waals surface area contributed by atoms with Gasteiger partial charge in [0.1, 0.15) is 10.5 Å². The number of carbonyl (C=O) groups excluding carboxylic acids is 2. The Bertz CT molecular complexity index is 1670. The highest BCUT2D eigenvalue weighted by atomic mass is 32.2. The van der Waals surface area contributed by atoms with Crippen molar-refractivity contribution < 1.29 is 32.5 Å². The molecule has 0 radical (unpaired) electrons. The molecule has 3 aliphatic rings. The van der Waals surface area contributed by atoms with Gasteiger partial charge in [0.15, 0.2) is 17.3 Å². The lowest BCUT2D eigenvalue weighted by Gasteiger charge is -2.46. The van der Waals surface area contributed by atoms with E-state index in [2.05, 4.69) is 50.5 Å². The van der Waals surface area contributed by atoms with E-state index in [4.69, 9.17) is 33.4 Å². The Morgan fingerprint density at radius 2 is 1.55 bits per heavy atom. The van der Waals surface area contributed by atoms with Crippen LogP contribution in [0.5, 0.6) is 11.5 Å². The minimum Gasteiger partial charge on any atom is -0.547 e. The van der Waals surface area contributed by atoms with E-state index in [0.717, 1.165) is 69.3 Å². The maximum absolute atomic E-state index is 12.8. The fourth-order valence-corrected chi connectivity index (χ4v) is 10.7. The first-order valence-corrected chi connectivity index (χ1v) is 24.2. The molecule has 0 aromatic heterocycles. The zero-order chi connectivity index (χ0) is 40.7. The van der Waals surface area contributed by atoms with Crippen molar-refractivity contribution in [3.8, 4) is 11.5 Å². The van der Waals surface area contributed by atoms with E-state index in [-0.39, 0.29) is 27.3 Å². The van der Waals surface area contributed by atoms with Gasteiger partial charge in [0.05, 0.1) is 34.6 Å². The lowest BCUT2D eigenvalue weighted by Crippen LogP contribution is -2.49. The van der Waals surface area contributed by atoms with E-state index >= 15 is 0 Å². The number of ketones is 2. The first-order chi connectivity index (χ1) is 26.7. The fourth-order valence-electron chi connectivity index (χ4n) is 7.51. The number of Topliss-reactive ketones (excluding diaryl/α,β-unsaturated/α-hetero) is 2. The largest absolute Gasteiger partial charge is 0.547 e. The zero-order valence-corrected chi connectivity index (χ0v) is 36.6. The molecule has 14 heteroatoms. The molecule has 11 nitrogen and oxygen atoms in total. The molecule has 0 amide bonds. The SMILES string of the molecule is C=C(CC1CCCC2=NCCCC21SOOc1ccccc1)O[Si](C)(C)C(C)(C)C.CC(=O)CC1CCCC(=O)C1(CCCN=[N+]=[N-])SOOc1ccccc1. The number of nitrogens with zero attached hydrogens (tertiary/aromatic N) is 4. The summed E-state index contributed by atoms with van der Waals surface area (Å²) in [5.41, 5.74) is 9.74. The average Bonchev–Trinajstić information content (AvgIpc) is 3.15. The van der Waals surface area contributed by atoms with Crippen LogP contribution in [0.1, 0.15) is 105 Å². The highest BCUT2D eigenvalue weighted by molar-refractivity contribution is 7.97. The molecule has 56 heavy (non-hydrogen) atoms. The van der Waals surface area contributed by atoms with E-state index in [1.165, 1.54) is 31.1 Å². The van der Waals surface area contributed by atoms with E-state index in [1.54, 1.807) is 12.1 Å². The molecular weight excluding hydrogens is 765 g/mol. The van der Waals surface area contributed by atoms with Crippen LogP contribution in [0.25, 0.3) is 10.4 Å². The second kappa shape index (κ2) is 21.5. The Balaban J connectivity index is 0.000000251. The minimum atomic E-state index is -1.88. The Labute approximate surface area is 343 Å². The second-order valence-corrected chi connectivity index (χ2v) is 23.3. The van der Waals surface area contributed by atoms with E-state index < -0.39 is 13.1 Å². The van der Waals surface area contributed by atoms with Crippen LogP contribution < -0.4 is 9.78 Å². The quantitative estimate of drug-likeness (QED) is 0.0165. The van der Waals surface area contributed by atoms with E-state index in [9.17, 15) is 9.59 Å². The summed E-state index contributed by atoms with van der Waals surface area (Å²) in [6.07, 6.45) is 9.72. The number of allylic oxidation sites excluding steroid dienone is 1. The molecule has 0 bridgehead atoms. The number of hydrogen-bond donors (Lipinski definition) is 0. The van der Waals surface area contributed by atoms with Gasteiger partial charge < -0.3 is 19.0 Å². The number of aliphatic imine (C=N–C) groups is 1. The predicted molar refractivity (Wildman–Crippen MR) is 229 cm³/mol. The maximum Gasteiger partial charge on any atom is 0.250 e. The molecule has 0 spiro atoms. The van der Waals surface area contributed by atoms with E-state index in [0.29, 0.717) is 49.6 Å². The maximum atomic E-state index is 12.8.